The molecule has 0 bridgehead atoms. The van der Waals surface area contributed by atoms with Crippen molar-refractivity contribution >= 4 is 40.9 Å². The maximum Gasteiger partial charge on any atom is 0.318 e. The van der Waals surface area contributed by atoms with Gasteiger partial charge in [0.25, 0.3) is 5.91 Å². The van der Waals surface area contributed by atoms with E-state index in [-0.39, 0.29) is 17.8 Å². The average Bonchev–Trinajstić information content (AvgIpc) is 2.61. The molecule has 0 aliphatic rings. The number of rotatable bonds is 6. The van der Waals surface area contributed by atoms with E-state index in [4.69, 9.17) is 4.74 Å². The third kappa shape index (κ3) is 5.35. The van der Waals surface area contributed by atoms with E-state index in [0.717, 1.165) is 0 Å². The molecule has 2 aromatic rings. The zero-order valence-corrected chi connectivity index (χ0v) is 15.6. The Morgan fingerprint density at radius 1 is 1.00 bits per heavy atom. The Bertz CT molecular complexity index is 823. The van der Waals surface area contributed by atoms with Crippen LogP contribution in [0.4, 0.5) is 11.4 Å². The van der Waals surface area contributed by atoms with Crippen LogP contribution in [0.1, 0.15) is 24.2 Å². The highest BCUT2D eigenvalue weighted by atomic mass is 32.2. The number of amides is 2. The van der Waals surface area contributed by atoms with E-state index in [1.54, 1.807) is 55.5 Å². The van der Waals surface area contributed by atoms with Crippen molar-refractivity contribution in [1.82, 2.24) is 0 Å². The summed E-state index contributed by atoms with van der Waals surface area (Å²) in [6, 6.07) is 13.9. The molecular formula is C19H20N2O4S. The lowest BCUT2D eigenvalue weighted by Gasteiger charge is -2.13. The van der Waals surface area contributed by atoms with Gasteiger partial charge >= 0.3 is 5.97 Å². The van der Waals surface area contributed by atoms with E-state index >= 15 is 0 Å². The van der Waals surface area contributed by atoms with Crippen molar-refractivity contribution in [1.29, 1.82) is 0 Å². The molecule has 0 aromatic heterocycles. The van der Waals surface area contributed by atoms with Gasteiger partial charge < -0.3 is 15.4 Å². The minimum absolute atomic E-state index is 0.188. The van der Waals surface area contributed by atoms with Crippen LogP contribution in [0.2, 0.25) is 0 Å². The topological polar surface area (TPSA) is 84.5 Å². The minimum atomic E-state index is -0.433. The molecule has 1 atom stereocenters. The lowest BCUT2D eigenvalue weighted by Crippen LogP contribution is -2.17. The lowest BCUT2D eigenvalue weighted by atomic mass is 10.2. The van der Waals surface area contributed by atoms with Gasteiger partial charge in [-0.3, -0.25) is 14.4 Å². The second kappa shape index (κ2) is 9.05. The maximum atomic E-state index is 12.7. The van der Waals surface area contributed by atoms with E-state index in [0.29, 0.717) is 21.8 Å². The van der Waals surface area contributed by atoms with Crippen LogP contribution in [0.25, 0.3) is 0 Å². The van der Waals surface area contributed by atoms with Gasteiger partial charge in [-0.25, -0.2) is 0 Å². The quantitative estimate of drug-likeness (QED) is 0.598. The van der Waals surface area contributed by atoms with Crippen molar-refractivity contribution in [3.05, 3.63) is 54.1 Å². The Kier molecular flexibility index (Phi) is 6.80. The standard InChI is InChI=1S/C19H20N2O4S/c1-12(19(24)25-3)26-17-10-5-4-9-16(17)18(23)21-15-8-6-7-14(11-15)20-13(2)22/h4-12H,1-3H3,(H,20,22)(H,21,23). The van der Waals surface area contributed by atoms with Crippen LogP contribution in [-0.2, 0) is 14.3 Å². The highest BCUT2D eigenvalue weighted by Crippen LogP contribution is 2.28. The molecular weight excluding hydrogens is 352 g/mol. The predicted molar refractivity (Wildman–Crippen MR) is 102 cm³/mol. The molecule has 26 heavy (non-hydrogen) atoms. The van der Waals surface area contributed by atoms with Gasteiger partial charge in [0.15, 0.2) is 0 Å². The molecule has 2 rings (SSSR count). The van der Waals surface area contributed by atoms with Crippen LogP contribution in [0.3, 0.4) is 0 Å². The maximum absolute atomic E-state index is 12.7. The summed E-state index contributed by atoms with van der Waals surface area (Å²) in [5.74, 6) is -0.842. The van der Waals surface area contributed by atoms with Gasteiger partial charge in [-0.2, -0.15) is 0 Å². The lowest BCUT2D eigenvalue weighted by molar-refractivity contribution is -0.139. The summed E-state index contributed by atoms with van der Waals surface area (Å²) in [5.41, 5.74) is 1.61. The van der Waals surface area contributed by atoms with Crippen molar-refractivity contribution in [3.8, 4) is 0 Å². The summed E-state index contributed by atoms with van der Waals surface area (Å²) in [6.45, 7) is 3.14. The van der Waals surface area contributed by atoms with Crippen molar-refractivity contribution in [2.24, 2.45) is 0 Å². The Hall–Kier alpha value is -2.80. The van der Waals surface area contributed by atoms with Gasteiger partial charge in [-0.05, 0) is 37.3 Å². The molecule has 0 spiro atoms. The first-order chi connectivity index (χ1) is 12.4. The van der Waals surface area contributed by atoms with Crippen LogP contribution < -0.4 is 10.6 Å². The van der Waals surface area contributed by atoms with Gasteiger partial charge in [-0.15, -0.1) is 11.8 Å². The fourth-order valence-corrected chi connectivity index (χ4v) is 3.26. The predicted octanol–water partition coefficient (Wildman–Crippen LogP) is 3.55. The number of hydrogen-bond donors (Lipinski definition) is 2. The number of esters is 1. The molecule has 0 aliphatic heterocycles. The summed E-state index contributed by atoms with van der Waals surface area (Å²) >= 11 is 1.26. The third-order valence-electron chi connectivity index (χ3n) is 3.41. The molecule has 0 fully saturated rings. The summed E-state index contributed by atoms with van der Waals surface area (Å²) in [6.07, 6.45) is 0. The molecule has 2 amide bonds. The van der Waals surface area contributed by atoms with Crippen molar-refractivity contribution in [2.75, 3.05) is 17.7 Å². The number of carbonyl (C=O) groups is 3. The van der Waals surface area contributed by atoms with Gasteiger partial charge in [0, 0.05) is 23.2 Å². The van der Waals surface area contributed by atoms with E-state index < -0.39 is 5.25 Å². The monoisotopic (exact) mass is 372 g/mol. The van der Waals surface area contributed by atoms with Crippen molar-refractivity contribution in [3.63, 3.8) is 0 Å². The molecule has 6 nitrogen and oxygen atoms in total. The number of hydrogen-bond acceptors (Lipinski definition) is 5. The molecule has 0 aliphatic carbocycles. The van der Waals surface area contributed by atoms with Gasteiger partial charge in [0.05, 0.1) is 12.7 Å². The summed E-state index contributed by atoms with van der Waals surface area (Å²) in [5, 5.41) is 5.04. The second-order valence-corrected chi connectivity index (χ2v) is 6.88. The highest BCUT2D eigenvalue weighted by molar-refractivity contribution is 8.00. The highest BCUT2D eigenvalue weighted by Gasteiger charge is 2.19. The fraction of sp³-hybridized carbons (Fsp3) is 0.211. The molecule has 0 heterocycles. The zero-order chi connectivity index (χ0) is 19.1. The van der Waals surface area contributed by atoms with Gasteiger partial charge in [0.1, 0.15) is 5.25 Å². The number of benzene rings is 2. The summed E-state index contributed by atoms with van der Waals surface area (Å²) < 4.78 is 4.73. The molecule has 2 N–H and O–H groups in total. The van der Waals surface area contributed by atoms with Gasteiger partial charge in [-0.1, -0.05) is 18.2 Å². The van der Waals surface area contributed by atoms with Crippen LogP contribution in [0.15, 0.2) is 53.4 Å². The summed E-state index contributed by atoms with van der Waals surface area (Å²) in [4.78, 5) is 36.1. The van der Waals surface area contributed by atoms with Crippen LogP contribution in [-0.4, -0.2) is 30.1 Å². The summed E-state index contributed by atoms with van der Waals surface area (Å²) in [7, 11) is 1.33. The van der Waals surface area contributed by atoms with E-state index in [1.807, 2.05) is 0 Å². The average molecular weight is 372 g/mol. The van der Waals surface area contributed by atoms with E-state index in [2.05, 4.69) is 10.6 Å². The van der Waals surface area contributed by atoms with Crippen LogP contribution >= 0.6 is 11.8 Å². The molecule has 0 radical (unpaired) electrons. The Morgan fingerprint density at radius 2 is 1.65 bits per heavy atom. The largest absolute Gasteiger partial charge is 0.468 e. The number of anilines is 2. The zero-order valence-electron chi connectivity index (χ0n) is 14.7. The number of methoxy groups -OCH3 is 1. The first-order valence-electron chi connectivity index (χ1n) is 7.93. The third-order valence-corrected chi connectivity index (χ3v) is 4.57. The van der Waals surface area contributed by atoms with Crippen LogP contribution in [0, 0.1) is 0 Å². The second-order valence-electron chi connectivity index (χ2n) is 5.50. The number of ether oxygens (including phenoxy) is 1. The normalized spacial score (nSPS) is 11.3. The molecule has 0 saturated heterocycles. The van der Waals surface area contributed by atoms with Crippen LogP contribution in [0.5, 0.6) is 0 Å². The molecule has 2 aromatic carbocycles. The van der Waals surface area contributed by atoms with Gasteiger partial charge in [0.2, 0.25) is 5.91 Å². The Balaban J connectivity index is 2.17. The molecule has 136 valence electrons. The fourth-order valence-electron chi connectivity index (χ4n) is 2.24. The first-order valence-corrected chi connectivity index (χ1v) is 8.81. The minimum Gasteiger partial charge on any atom is -0.468 e. The molecule has 1 unspecified atom stereocenters. The molecule has 0 saturated carbocycles. The number of nitrogens with one attached hydrogen (secondary N) is 2. The van der Waals surface area contributed by atoms with Crippen molar-refractivity contribution < 1.29 is 19.1 Å². The van der Waals surface area contributed by atoms with E-state index in [1.165, 1.54) is 25.8 Å². The molecule has 7 heteroatoms. The smallest absolute Gasteiger partial charge is 0.318 e. The first kappa shape index (κ1) is 19.5. The van der Waals surface area contributed by atoms with E-state index in [9.17, 15) is 14.4 Å². The number of thioether (sulfide) groups is 1. The number of carbonyl (C=O) groups excluding carboxylic acids is 3. The van der Waals surface area contributed by atoms with Crippen molar-refractivity contribution in [2.45, 2.75) is 24.0 Å². The Morgan fingerprint density at radius 3 is 2.31 bits per heavy atom. The SMILES string of the molecule is COC(=O)C(C)Sc1ccccc1C(=O)Nc1cccc(NC(C)=O)c1. The Labute approximate surface area is 156 Å².